The zero-order valence-corrected chi connectivity index (χ0v) is 9.93. The van der Waals surface area contributed by atoms with Gasteiger partial charge in [0.05, 0.1) is 0 Å². The fourth-order valence-electron chi connectivity index (χ4n) is 2.62. The average molecular weight is 259 g/mol. The second-order valence-electron chi connectivity index (χ2n) is 4.98. The van der Waals surface area contributed by atoms with Gasteiger partial charge < -0.3 is 10.8 Å². The second-order valence-corrected chi connectivity index (χ2v) is 4.98. The van der Waals surface area contributed by atoms with Crippen molar-refractivity contribution in [3.05, 3.63) is 29.6 Å². The standard InChI is InChI=1S/C13H16F3NO/c14-10-3-1-2-9(11(10)18)12(8-17)4-6-13(15,16)7-5-12/h1-3,18H,4-8,17H2. The maximum atomic E-state index is 13.4. The number of alkyl halides is 2. The molecule has 1 aromatic carbocycles. The SMILES string of the molecule is NCC1(c2cccc(F)c2O)CCC(F)(F)CC1. The lowest BCUT2D eigenvalue weighted by Gasteiger charge is -2.40. The third kappa shape index (κ3) is 2.19. The zero-order chi connectivity index (χ0) is 13.4. The van der Waals surface area contributed by atoms with Gasteiger partial charge in [0.2, 0.25) is 5.92 Å². The highest BCUT2D eigenvalue weighted by Gasteiger charge is 2.44. The molecule has 0 radical (unpaired) electrons. The molecule has 0 atom stereocenters. The van der Waals surface area contributed by atoms with Gasteiger partial charge in [-0.2, -0.15) is 0 Å². The van der Waals surface area contributed by atoms with Crippen molar-refractivity contribution in [2.75, 3.05) is 6.54 Å². The van der Waals surface area contributed by atoms with Crippen LogP contribution in [-0.4, -0.2) is 17.6 Å². The molecule has 0 amide bonds. The maximum absolute atomic E-state index is 13.4. The molecule has 0 spiro atoms. The number of rotatable bonds is 2. The van der Waals surface area contributed by atoms with E-state index in [1.165, 1.54) is 6.07 Å². The summed E-state index contributed by atoms with van der Waals surface area (Å²) in [7, 11) is 0. The summed E-state index contributed by atoms with van der Waals surface area (Å²) in [6.07, 6.45) is -0.235. The number of phenols is 1. The third-order valence-corrected chi connectivity index (χ3v) is 3.89. The molecule has 0 bridgehead atoms. The van der Waals surface area contributed by atoms with Crippen LogP contribution in [0, 0.1) is 5.82 Å². The Hall–Kier alpha value is -1.23. The molecular formula is C13H16F3NO. The van der Waals surface area contributed by atoms with Crippen molar-refractivity contribution in [2.24, 2.45) is 5.73 Å². The molecule has 0 unspecified atom stereocenters. The molecule has 0 aliphatic heterocycles. The Labute approximate surface area is 104 Å². The number of hydrogen-bond acceptors (Lipinski definition) is 2. The molecular weight excluding hydrogens is 243 g/mol. The van der Waals surface area contributed by atoms with Crippen molar-refractivity contribution in [1.29, 1.82) is 0 Å². The van der Waals surface area contributed by atoms with Crippen LogP contribution in [0.2, 0.25) is 0 Å². The van der Waals surface area contributed by atoms with Crippen LogP contribution in [0.4, 0.5) is 13.2 Å². The van der Waals surface area contributed by atoms with Crippen LogP contribution in [0.5, 0.6) is 5.75 Å². The van der Waals surface area contributed by atoms with Crippen molar-refractivity contribution < 1.29 is 18.3 Å². The topological polar surface area (TPSA) is 46.2 Å². The van der Waals surface area contributed by atoms with Crippen molar-refractivity contribution in [1.82, 2.24) is 0 Å². The fraction of sp³-hybridized carbons (Fsp3) is 0.538. The molecule has 1 saturated carbocycles. The first-order valence-corrected chi connectivity index (χ1v) is 5.96. The lowest BCUT2D eigenvalue weighted by atomic mass is 9.68. The number of aromatic hydroxyl groups is 1. The summed E-state index contributed by atoms with van der Waals surface area (Å²) in [5.74, 6) is -3.88. The van der Waals surface area contributed by atoms with Crippen LogP contribution in [0.3, 0.4) is 0 Å². The van der Waals surface area contributed by atoms with E-state index in [0.717, 1.165) is 6.07 Å². The zero-order valence-electron chi connectivity index (χ0n) is 9.93. The number of nitrogens with two attached hydrogens (primary N) is 1. The Balaban J connectivity index is 2.37. The summed E-state index contributed by atoms with van der Waals surface area (Å²) in [5.41, 5.74) is 5.30. The quantitative estimate of drug-likeness (QED) is 0.857. The number of benzene rings is 1. The molecule has 2 nitrogen and oxygen atoms in total. The first kappa shape index (κ1) is 13.2. The second kappa shape index (κ2) is 4.46. The third-order valence-electron chi connectivity index (χ3n) is 3.89. The van der Waals surface area contributed by atoms with Crippen molar-refractivity contribution in [2.45, 2.75) is 37.0 Å². The van der Waals surface area contributed by atoms with E-state index in [2.05, 4.69) is 0 Å². The molecule has 100 valence electrons. The summed E-state index contributed by atoms with van der Waals surface area (Å²) in [4.78, 5) is 0. The molecule has 3 N–H and O–H groups in total. The van der Waals surface area contributed by atoms with Crippen molar-refractivity contribution in [3.63, 3.8) is 0 Å². The monoisotopic (exact) mass is 259 g/mol. The van der Waals surface area contributed by atoms with Crippen LogP contribution in [0.1, 0.15) is 31.2 Å². The van der Waals surface area contributed by atoms with E-state index in [4.69, 9.17) is 5.73 Å². The largest absolute Gasteiger partial charge is 0.505 e. The molecule has 5 heteroatoms. The summed E-state index contributed by atoms with van der Waals surface area (Å²) in [6, 6.07) is 4.17. The molecule has 1 aliphatic rings. The molecule has 18 heavy (non-hydrogen) atoms. The Morgan fingerprint density at radius 2 is 1.78 bits per heavy atom. The molecule has 0 aromatic heterocycles. The maximum Gasteiger partial charge on any atom is 0.248 e. The van der Waals surface area contributed by atoms with Gasteiger partial charge in [0.1, 0.15) is 0 Å². The highest BCUT2D eigenvalue weighted by Crippen LogP contribution is 2.47. The van der Waals surface area contributed by atoms with Gasteiger partial charge in [0, 0.05) is 30.4 Å². The number of para-hydroxylation sites is 1. The summed E-state index contributed by atoms with van der Waals surface area (Å²) < 4.78 is 39.8. The van der Waals surface area contributed by atoms with Crippen molar-refractivity contribution in [3.8, 4) is 5.75 Å². The molecule has 1 aromatic rings. The molecule has 0 saturated heterocycles. The molecule has 1 aliphatic carbocycles. The van der Waals surface area contributed by atoms with Gasteiger partial charge in [-0.3, -0.25) is 0 Å². The van der Waals surface area contributed by atoms with Crippen LogP contribution >= 0.6 is 0 Å². The first-order valence-electron chi connectivity index (χ1n) is 5.96. The average Bonchev–Trinajstić information content (AvgIpc) is 2.34. The summed E-state index contributed by atoms with van der Waals surface area (Å²) in [5, 5.41) is 9.76. The van der Waals surface area contributed by atoms with E-state index < -0.39 is 22.9 Å². The molecule has 1 fully saturated rings. The van der Waals surface area contributed by atoms with Crippen molar-refractivity contribution >= 4 is 0 Å². The van der Waals surface area contributed by atoms with Gasteiger partial charge in [-0.15, -0.1) is 0 Å². The lowest BCUT2D eigenvalue weighted by molar-refractivity contribution is -0.0512. The fourth-order valence-corrected chi connectivity index (χ4v) is 2.62. The van der Waals surface area contributed by atoms with E-state index in [1.807, 2.05) is 0 Å². The van der Waals surface area contributed by atoms with Gasteiger partial charge in [0.15, 0.2) is 11.6 Å². The van der Waals surface area contributed by atoms with Gasteiger partial charge in [-0.05, 0) is 18.9 Å². The number of phenolic OH excluding ortho intramolecular Hbond substituents is 1. The minimum Gasteiger partial charge on any atom is -0.505 e. The van der Waals surface area contributed by atoms with Crippen LogP contribution in [-0.2, 0) is 5.41 Å². The van der Waals surface area contributed by atoms with E-state index >= 15 is 0 Å². The normalized spacial score (nSPS) is 21.8. The highest BCUT2D eigenvalue weighted by molar-refractivity contribution is 5.40. The van der Waals surface area contributed by atoms with Crippen LogP contribution in [0.15, 0.2) is 18.2 Å². The Kier molecular flexibility index (Phi) is 3.27. The minimum atomic E-state index is -2.68. The predicted octanol–water partition coefficient (Wildman–Crippen LogP) is 2.94. The summed E-state index contributed by atoms with van der Waals surface area (Å²) in [6.45, 7) is 0.125. The van der Waals surface area contributed by atoms with Gasteiger partial charge in [0.25, 0.3) is 0 Å². The Bertz CT molecular complexity index is 438. The number of hydrogen-bond donors (Lipinski definition) is 2. The predicted molar refractivity (Wildman–Crippen MR) is 62.2 cm³/mol. The van der Waals surface area contributed by atoms with Gasteiger partial charge in [-0.1, -0.05) is 12.1 Å². The van der Waals surface area contributed by atoms with Gasteiger partial charge >= 0.3 is 0 Å². The van der Waals surface area contributed by atoms with E-state index in [1.54, 1.807) is 6.07 Å². The first-order chi connectivity index (χ1) is 8.40. The van der Waals surface area contributed by atoms with E-state index in [9.17, 15) is 18.3 Å². The lowest BCUT2D eigenvalue weighted by Crippen LogP contribution is -2.42. The number of halogens is 3. The van der Waals surface area contributed by atoms with E-state index in [-0.39, 0.29) is 32.2 Å². The smallest absolute Gasteiger partial charge is 0.248 e. The summed E-state index contributed by atoms with van der Waals surface area (Å²) >= 11 is 0. The minimum absolute atomic E-state index is 0.125. The van der Waals surface area contributed by atoms with Crippen LogP contribution < -0.4 is 5.73 Å². The molecule has 2 rings (SSSR count). The van der Waals surface area contributed by atoms with E-state index in [0.29, 0.717) is 5.56 Å². The molecule has 0 heterocycles. The Morgan fingerprint density at radius 1 is 1.17 bits per heavy atom. The van der Waals surface area contributed by atoms with Crippen LogP contribution in [0.25, 0.3) is 0 Å². The highest BCUT2D eigenvalue weighted by atomic mass is 19.3. The Morgan fingerprint density at radius 3 is 2.33 bits per heavy atom. The van der Waals surface area contributed by atoms with Gasteiger partial charge in [-0.25, -0.2) is 13.2 Å².